The van der Waals surface area contributed by atoms with E-state index in [1.54, 1.807) is 12.0 Å². The minimum Gasteiger partial charge on any atom is -0.494 e. The van der Waals surface area contributed by atoms with Crippen LogP contribution in [0.15, 0.2) is 6.07 Å². The number of aryl methyl sites for hydroxylation is 1. The Kier molecular flexibility index (Phi) is 3.43. The number of aliphatic hydroxyl groups excluding tert-OH is 1. The SMILES string of the molecule is COc1c(C)cc2c(c1N)C(CO)N(C=O)CC2. The molecule has 0 aliphatic carbocycles. The first kappa shape index (κ1) is 12.7. The highest BCUT2D eigenvalue weighted by Crippen LogP contribution is 2.40. The van der Waals surface area contributed by atoms with Gasteiger partial charge in [0.15, 0.2) is 0 Å². The summed E-state index contributed by atoms with van der Waals surface area (Å²) in [5.74, 6) is 0.625. The van der Waals surface area contributed by atoms with Gasteiger partial charge >= 0.3 is 0 Å². The van der Waals surface area contributed by atoms with Crippen LogP contribution in [0.25, 0.3) is 0 Å². The van der Waals surface area contributed by atoms with Gasteiger partial charge in [-0.2, -0.15) is 0 Å². The zero-order valence-electron chi connectivity index (χ0n) is 10.6. The van der Waals surface area contributed by atoms with Gasteiger partial charge in [-0.3, -0.25) is 4.79 Å². The number of methoxy groups -OCH3 is 1. The van der Waals surface area contributed by atoms with Crippen molar-refractivity contribution >= 4 is 12.1 Å². The molecule has 0 saturated carbocycles. The molecule has 0 radical (unpaired) electrons. The third-order valence-electron chi connectivity index (χ3n) is 3.51. The topological polar surface area (TPSA) is 75.8 Å². The largest absolute Gasteiger partial charge is 0.494 e. The smallest absolute Gasteiger partial charge is 0.210 e. The van der Waals surface area contributed by atoms with Crippen molar-refractivity contribution in [2.24, 2.45) is 0 Å². The van der Waals surface area contributed by atoms with E-state index < -0.39 is 0 Å². The molecule has 3 N–H and O–H groups in total. The van der Waals surface area contributed by atoms with Gasteiger partial charge in [-0.05, 0) is 24.5 Å². The van der Waals surface area contributed by atoms with Gasteiger partial charge in [0.05, 0.1) is 25.4 Å². The van der Waals surface area contributed by atoms with E-state index in [1.807, 2.05) is 13.0 Å². The number of hydrogen-bond donors (Lipinski definition) is 2. The summed E-state index contributed by atoms with van der Waals surface area (Å²) in [6.45, 7) is 2.41. The highest BCUT2D eigenvalue weighted by atomic mass is 16.5. The fourth-order valence-corrected chi connectivity index (χ4v) is 2.68. The van der Waals surface area contributed by atoms with E-state index in [-0.39, 0.29) is 12.6 Å². The number of benzene rings is 1. The molecule has 1 aromatic rings. The Labute approximate surface area is 106 Å². The lowest BCUT2D eigenvalue weighted by Gasteiger charge is -2.35. The van der Waals surface area contributed by atoms with Gasteiger partial charge in [0.2, 0.25) is 6.41 Å². The zero-order chi connectivity index (χ0) is 13.3. The normalized spacial score (nSPS) is 18.4. The van der Waals surface area contributed by atoms with Crippen LogP contribution in [0.5, 0.6) is 5.75 Å². The Balaban J connectivity index is 2.60. The van der Waals surface area contributed by atoms with Crippen LogP contribution in [-0.2, 0) is 11.2 Å². The van der Waals surface area contributed by atoms with Crippen molar-refractivity contribution in [1.82, 2.24) is 4.90 Å². The molecule has 1 aromatic carbocycles. The van der Waals surface area contributed by atoms with Crippen LogP contribution in [0, 0.1) is 6.92 Å². The predicted octanol–water partition coefficient (Wildman–Crippen LogP) is 0.634. The molecule has 0 fully saturated rings. The molecule has 1 heterocycles. The molecule has 1 aliphatic heterocycles. The highest BCUT2D eigenvalue weighted by Gasteiger charge is 2.29. The molecule has 1 atom stereocenters. The number of amides is 1. The van der Waals surface area contributed by atoms with Crippen molar-refractivity contribution in [3.05, 3.63) is 22.8 Å². The first-order chi connectivity index (χ1) is 8.63. The van der Waals surface area contributed by atoms with Crippen LogP contribution in [0.2, 0.25) is 0 Å². The van der Waals surface area contributed by atoms with Crippen molar-refractivity contribution in [2.45, 2.75) is 19.4 Å². The average Bonchev–Trinajstić information content (AvgIpc) is 2.37. The molecule has 0 saturated heterocycles. The van der Waals surface area contributed by atoms with Gasteiger partial charge in [-0.1, -0.05) is 6.07 Å². The Morgan fingerprint density at radius 2 is 2.39 bits per heavy atom. The summed E-state index contributed by atoms with van der Waals surface area (Å²) < 4.78 is 5.29. The van der Waals surface area contributed by atoms with Crippen molar-refractivity contribution < 1.29 is 14.6 Å². The fourth-order valence-electron chi connectivity index (χ4n) is 2.68. The maximum absolute atomic E-state index is 11.0. The lowest BCUT2D eigenvalue weighted by molar-refractivity contribution is -0.121. The second-order valence-corrected chi connectivity index (χ2v) is 4.50. The van der Waals surface area contributed by atoms with Crippen LogP contribution < -0.4 is 10.5 Å². The van der Waals surface area contributed by atoms with E-state index in [4.69, 9.17) is 10.5 Å². The number of rotatable bonds is 3. The molecule has 1 unspecified atom stereocenters. The van der Waals surface area contributed by atoms with Crippen molar-refractivity contribution in [3.63, 3.8) is 0 Å². The summed E-state index contributed by atoms with van der Waals surface area (Å²) >= 11 is 0. The number of ether oxygens (including phenoxy) is 1. The number of hydrogen-bond acceptors (Lipinski definition) is 4. The Morgan fingerprint density at radius 1 is 1.67 bits per heavy atom. The molecule has 0 aromatic heterocycles. The Bertz CT molecular complexity index is 474. The number of nitrogen functional groups attached to an aromatic ring is 1. The van der Waals surface area contributed by atoms with E-state index >= 15 is 0 Å². The Morgan fingerprint density at radius 3 is 2.94 bits per heavy atom. The summed E-state index contributed by atoms with van der Waals surface area (Å²) in [6, 6.07) is 1.65. The quantitative estimate of drug-likeness (QED) is 0.609. The number of nitrogens with zero attached hydrogens (tertiary/aromatic N) is 1. The molecule has 18 heavy (non-hydrogen) atoms. The number of carbonyl (C=O) groups is 1. The molecule has 0 spiro atoms. The third kappa shape index (κ3) is 1.80. The van der Waals surface area contributed by atoms with E-state index in [0.717, 1.165) is 29.5 Å². The van der Waals surface area contributed by atoms with E-state index in [2.05, 4.69) is 0 Å². The lowest BCUT2D eigenvalue weighted by Crippen LogP contribution is -2.37. The number of aliphatic hydroxyl groups is 1. The first-order valence-corrected chi connectivity index (χ1v) is 5.91. The standard InChI is InChI=1S/C13H18N2O3/c1-8-5-9-3-4-15(7-17)10(6-16)11(9)12(14)13(8)18-2/h5,7,10,16H,3-4,6,14H2,1-2H3. The van der Waals surface area contributed by atoms with E-state index in [0.29, 0.717) is 18.0 Å². The van der Waals surface area contributed by atoms with E-state index in [1.165, 1.54) is 0 Å². The zero-order valence-corrected chi connectivity index (χ0v) is 10.6. The second-order valence-electron chi connectivity index (χ2n) is 4.50. The molecule has 2 rings (SSSR count). The van der Waals surface area contributed by atoms with Crippen molar-refractivity contribution in [2.75, 3.05) is 26.0 Å². The molecule has 0 bridgehead atoms. The summed E-state index contributed by atoms with van der Waals surface area (Å²) in [7, 11) is 1.57. The Hall–Kier alpha value is -1.75. The van der Waals surface area contributed by atoms with Crippen molar-refractivity contribution in [3.8, 4) is 5.75 Å². The molecule has 1 aliphatic rings. The molecule has 1 amide bonds. The number of fused-ring (bicyclic) bond motifs is 1. The minimum atomic E-state index is -0.374. The van der Waals surface area contributed by atoms with Gasteiger partial charge in [-0.15, -0.1) is 0 Å². The molecule has 5 nitrogen and oxygen atoms in total. The number of carbonyl (C=O) groups excluding carboxylic acids is 1. The third-order valence-corrected chi connectivity index (χ3v) is 3.51. The fraction of sp³-hybridized carbons (Fsp3) is 0.462. The first-order valence-electron chi connectivity index (χ1n) is 5.91. The van der Waals surface area contributed by atoms with Crippen LogP contribution in [0.4, 0.5) is 5.69 Å². The average molecular weight is 250 g/mol. The van der Waals surface area contributed by atoms with Crippen molar-refractivity contribution in [1.29, 1.82) is 0 Å². The van der Waals surface area contributed by atoms with Crippen LogP contribution >= 0.6 is 0 Å². The van der Waals surface area contributed by atoms with Gasteiger partial charge < -0.3 is 20.5 Å². The van der Waals surface area contributed by atoms with Gasteiger partial charge in [0.25, 0.3) is 0 Å². The monoisotopic (exact) mass is 250 g/mol. The van der Waals surface area contributed by atoms with Crippen LogP contribution in [-0.4, -0.2) is 36.7 Å². The highest BCUT2D eigenvalue weighted by molar-refractivity contribution is 5.67. The minimum absolute atomic E-state index is 0.137. The van der Waals surface area contributed by atoms with Gasteiger partial charge in [0, 0.05) is 12.1 Å². The van der Waals surface area contributed by atoms with Crippen LogP contribution in [0.3, 0.4) is 0 Å². The second kappa shape index (κ2) is 4.86. The summed E-state index contributed by atoms with van der Waals surface area (Å²) in [5.41, 5.74) is 9.53. The maximum Gasteiger partial charge on any atom is 0.210 e. The maximum atomic E-state index is 11.0. The van der Waals surface area contributed by atoms with Gasteiger partial charge in [-0.25, -0.2) is 0 Å². The molecular formula is C13H18N2O3. The molecule has 98 valence electrons. The lowest BCUT2D eigenvalue weighted by atomic mass is 9.89. The molecular weight excluding hydrogens is 232 g/mol. The summed E-state index contributed by atoms with van der Waals surface area (Å²) in [6.07, 6.45) is 1.51. The van der Waals surface area contributed by atoms with Gasteiger partial charge in [0.1, 0.15) is 5.75 Å². The predicted molar refractivity (Wildman–Crippen MR) is 68.4 cm³/mol. The number of nitrogens with two attached hydrogens (primary N) is 1. The van der Waals surface area contributed by atoms with E-state index in [9.17, 15) is 9.90 Å². The van der Waals surface area contributed by atoms with Crippen LogP contribution in [0.1, 0.15) is 22.7 Å². The summed E-state index contributed by atoms with van der Waals surface area (Å²) in [5, 5.41) is 9.50. The summed E-state index contributed by atoms with van der Waals surface area (Å²) in [4.78, 5) is 12.6. The number of anilines is 1. The molecule has 5 heteroatoms.